The van der Waals surface area contributed by atoms with Gasteiger partial charge in [-0.05, 0) is 30.9 Å². The van der Waals surface area contributed by atoms with Crippen molar-refractivity contribution in [2.24, 2.45) is 0 Å². The first-order valence-corrected chi connectivity index (χ1v) is 5.59. The van der Waals surface area contributed by atoms with Gasteiger partial charge in [-0.15, -0.1) is 0 Å². The van der Waals surface area contributed by atoms with E-state index in [1.165, 1.54) is 11.1 Å². The number of rotatable bonds is 6. The van der Waals surface area contributed by atoms with Crippen molar-refractivity contribution in [3.05, 3.63) is 35.4 Å². The summed E-state index contributed by atoms with van der Waals surface area (Å²) in [7, 11) is 0. The fraction of sp³-hybridized carbons (Fsp3) is 0.538. The zero-order valence-electron chi connectivity index (χ0n) is 9.57. The lowest BCUT2D eigenvalue weighted by molar-refractivity contribution is 0.0662. The molecule has 0 aromatic heterocycles. The van der Waals surface area contributed by atoms with E-state index in [1.807, 2.05) is 0 Å². The molecule has 1 rings (SSSR count). The van der Waals surface area contributed by atoms with Crippen LogP contribution in [0.5, 0.6) is 0 Å². The Balaban J connectivity index is 2.54. The minimum Gasteiger partial charge on any atom is -0.396 e. The Hall–Kier alpha value is -0.860. The van der Waals surface area contributed by atoms with Crippen molar-refractivity contribution in [2.45, 2.75) is 32.8 Å². The Bertz CT molecular complexity index is 266. The third-order valence-corrected chi connectivity index (χ3v) is 2.42. The van der Waals surface area contributed by atoms with E-state index in [4.69, 9.17) is 9.84 Å². The van der Waals surface area contributed by atoms with E-state index >= 15 is 0 Å². The molecule has 0 aliphatic carbocycles. The first-order valence-electron chi connectivity index (χ1n) is 5.59. The van der Waals surface area contributed by atoms with Gasteiger partial charge in [-0.1, -0.05) is 31.2 Å². The minimum absolute atomic E-state index is 0.160. The normalized spacial score (nSPS) is 12.7. The van der Waals surface area contributed by atoms with Crippen molar-refractivity contribution >= 4 is 0 Å². The van der Waals surface area contributed by atoms with Crippen molar-refractivity contribution in [3.8, 4) is 0 Å². The summed E-state index contributed by atoms with van der Waals surface area (Å²) in [6, 6.07) is 8.26. The Kier molecular flexibility index (Phi) is 5.37. The second-order valence-corrected chi connectivity index (χ2v) is 3.73. The summed E-state index contributed by atoms with van der Waals surface area (Å²) in [6.07, 6.45) is 1.94. The first-order chi connectivity index (χ1) is 7.27. The molecule has 0 heterocycles. The van der Waals surface area contributed by atoms with Crippen LogP contribution in [-0.4, -0.2) is 18.3 Å². The molecule has 1 aromatic rings. The SMILES string of the molecule is CCCO[C@H](C)c1ccc(CCO)cc1. The lowest BCUT2D eigenvalue weighted by atomic mass is 10.1. The van der Waals surface area contributed by atoms with Gasteiger partial charge in [0.2, 0.25) is 0 Å². The molecular formula is C13H20O2. The molecule has 0 amide bonds. The monoisotopic (exact) mass is 208 g/mol. The average molecular weight is 208 g/mol. The standard InChI is InChI=1S/C13H20O2/c1-3-10-15-11(2)13-6-4-12(5-7-13)8-9-14/h4-7,11,14H,3,8-10H2,1-2H3/t11-/m1/s1. The molecule has 1 aromatic carbocycles. The molecule has 0 radical (unpaired) electrons. The fourth-order valence-corrected chi connectivity index (χ4v) is 1.48. The van der Waals surface area contributed by atoms with Crippen molar-refractivity contribution in [2.75, 3.05) is 13.2 Å². The Morgan fingerprint density at radius 1 is 1.27 bits per heavy atom. The predicted molar refractivity (Wildman–Crippen MR) is 61.9 cm³/mol. The molecule has 84 valence electrons. The van der Waals surface area contributed by atoms with Gasteiger partial charge in [-0.25, -0.2) is 0 Å². The molecule has 0 saturated carbocycles. The van der Waals surface area contributed by atoms with E-state index in [2.05, 4.69) is 38.1 Å². The van der Waals surface area contributed by atoms with Gasteiger partial charge in [0.25, 0.3) is 0 Å². The summed E-state index contributed by atoms with van der Waals surface area (Å²) in [4.78, 5) is 0. The van der Waals surface area contributed by atoms with Gasteiger partial charge in [-0.2, -0.15) is 0 Å². The third-order valence-electron chi connectivity index (χ3n) is 2.42. The molecule has 0 fully saturated rings. The quantitative estimate of drug-likeness (QED) is 0.779. The zero-order valence-corrected chi connectivity index (χ0v) is 9.57. The van der Waals surface area contributed by atoms with Gasteiger partial charge in [0.1, 0.15) is 0 Å². The van der Waals surface area contributed by atoms with Crippen LogP contribution >= 0.6 is 0 Å². The minimum atomic E-state index is 0.160. The highest BCUT2D eigenvalue weighted by atomic mass is 16.5. The topological polar surface area (TPSA) is 29.5 Å². The van der Waals surface area contributed by atoms with E-state index in [9.17, 15) is 0 Å². The van der Waals surface area contributed by atoms with E-state index in [1.54, 1.807) is 0 Å². The Morgan fingerprint density at radius 2 is 1.93 bits per heavy atom. The van der Waals surface area contributed by atoms with E-state index < -0.39 is 0 Å². The van der Waals surface area contributed by atoms with Gasteiger partial charge < -0.3 is 9.84 Å². The number of hydrogen-bond donors (Lipinski definition) is 1. The molecule has 0 aliphatic rings. The summed E-state index contributed by atoms with van der Waals surface area (Å²) in [5, 5.41) is 8.79. The van der Waals surface area contributed by atoms with Crippen LogP contribution in [0.2, 0.25) is 0 Å². The molecule has 2 nitrogen and oxygen atoms in total. The molecule has 1 atom stereocenters. The number of benzene rings is 1. The second kappa shape index (κ2) is 6.59. The van der Waals surface area contributed by atoms with Gasteiger partial charge in [-0.3, -0.25) is 0 Å². The lowest BCUT2D eigenvalue weighted by Crippen LogP contribution is -2.01. The van der Waals surface area contributed by atoms with Crippen LogP contribution in [0.15, 0.2) is 24.3 Å². The largest absolute Gasteiger partial charge is 0.396 e. The highest BCUT2D eigenvalue weighted by molar-refractivity contribution is 5.24. The molecular weight excluding hydrogens is 188 g/mol. The fourth-order valence-electron chi connectivity index (χ4n) is 1.48. The highest BCUT2D eigenvalue weighted by Crippen LogP contribution is 2.17. The number of hydrogen-bond acceptors (Lipinski definition) is 2. The van der Waals surface area contributed by atoms with Gasteiger partial charge in [0.15, 0.2) is 0 Å². The van der Waals surface area contributed by atoms with Crippen LogP contribution in [0.3, 0.4) is 0 Å². The van der Waals surface area contributed by atoms with E-state index in [0.29, 0.717) is 0 Å². The highest BCUT2D eigenvalue weighted by Gasteiger charge is 2.04. The zero-order chi connectivity index (χ0) is 11.1. The maximum atomic E-state index is 8.79. The van der Waals surface area contributed by atoms with E-state index in [-0.39, 0.29) is 12.7 Å². The number of aliphatic hydroxyl groups excluding tert-OH is 1. The van der Waals surface area contributed by atoms with Gasteiger partial charge >= 0.3 is 0 Å². The van der Waals surface area contributed by atoms with Gasteiger partial charge in [0, 0.05) is 13.2 Å². The smallest absolute Gasteiger partial charge is 0.0796 e. The third kappa shape index (κ3) is 4.02. The van der Waals surface area contributed by atoms with Crippen molar-refractivity contribution in [3.63, 3.8) is 0 Å². The van der Waals surface area contributed by atoms with Crippen LogP contribution in [0.4, 0.5) is 0 Å². The van der Waals surface area contributed by atoms with Crippen molar-refractivity contribution < 1.29 is 9.84 Å². The maximum Gasteiger partial charge on any atom is 0.0796 e. The lowest BCUT2D eigenvalue weighted by Gasteiger charge is -2.13. The summed E-state index contributed by atoms with van der Waals surface area (Å²) in [5.74, 6) is 0. The number of ether oxygens (including phenoxy) is 1. The van der Waals surface area contributed by atoms with Crippen LogP contribution in [0.1, 0.15) is 37.5 Å². The second-order valence-electron chi connectivity index (χ2n) is 3.73. The molecule has 0 saturated heterocycles. The van der Waals surface area contributed by atoms with Crippen LogP contribution in [0, 0.1) is 0 Å². The molecule has 15 heavy (non-hydrogen) atoms. The number of aliphatic hydroxyl groups is 1. The summed E-state index contributed by atoms with van der Waals surface area (Å²) in [5.41, 5.74) is 2.37. The van der Waals surface area contributed by atoms with Crippen molar-refractivity contribution in [1.82, 2.24) is 0 Å². The van der Waals surface area contributed by atoms with Crippen LogP contribution in [-0.2, 0) is 11.2 Å². The van der Waals surface area contributed by atoms with Crippen LogP contribution in [0.25, 0.3) is 0 Å². The maximum absolute atomic E-state index is 8.79. The summed E-state index contributed by atoms with van der Waals surface area (Å²) in [6.45, 7) is 5.19. The first kappa shape index (κ1) is 12.2. The van der Waals surface area contributed by atoms with Crippen molar-refractivity contribution in [1.29, 1.82) is 0 Å². The average Bonchev–Trinajstić information content (AvgIpc) is 2.27. The molecule has 0 unspecified atom stereocenters. The molecule has 0 aliphatic heterocycles. The molecule has 0 spiro atoms. The Labute approximate surface area is 91.9 Å². The Morgan fingerprint density at radius 3 is 2.47 bits per heavy atom. The van der Waals surface area contributed by atoms with Crippen LogP contribution < -0.4 is 0 Å². The molecule has 0 bridgehead atoms. The molecule has 2 heteroatoms. The predicted octanol–water partition coefficient (Wildman–Crippen LogP) is 2.71. The van der Waals surface area contributed by atoms with E-state index in [0.717, 1.165) is 19.4 Å². The van der Waals surface area contributed by atoms with Gasteiger partial charge in [0.05, 0.1) is 6.10 Å². The molecule has 1 N–H and O–H groups in total. The summed E-state index contributed by atoms with van der Waals surface area (Å²) >= 11 is 0. The summed E-state index contributed by atoms with van der Waals surface area (Å²) < 4.78 is 5.63.